The maximum absolute atomic E-state index is 12.2. The lowest BCUT2D eigenvalue weighted by Gasteiger charge is -2.32. The third-order valence-electron chi connectivity index (χ3n) is 3.94. The van der Waals surface area contributed by atoms with E-state index in [2.05, 4.69) is 10.6 Å². The number of amides is 1. The Morgan fingerprint density at radius 1 is 1.08 bits per heavy atom. The molecule has 1 saturated heterocycles. The van der Waals surface area contributed by atoms with Crippen molar-refractivity contribution in [3.05, 3.63) is 41.1 Å². The monoisotopic (exact) mass is 344 g/mol. The Kier molecular flexibility index (Phi) is 3.82. The summed E-state index contributed by atoms with van der Waals surface area (Å²) in [5.74, 6) is -2.94. The Bertz CT molecular complexity index is 786. The molecule has 7 heteroatoms. The number of carbonyl (C=O) groups excluding carboxylic acids is 3. The molecule has 132 valence electrons. The highest BCUT2D eigenvalue weighted by molar-refractivity contribution is 6.15. The summed E-state index contributed by atoms with van der Waals surface area (Å²) in [5, 5.41) is 5.79. The first kappa shape index (κ1) is 17.0. The molecule has 1 aromatic rings. The van der Waals surface area contributed by atoms with Crippen LogP contribution in [0.5, 0.6) is 0 Å². The van der Waals surface area contributed by atoms with Gasteiger partial charge in [0.2, 0.25) is 0 Å². The molecule has 0 spiro atoms. The van der Waals surface area contributed by atoms with Crippen LogP contribution in [0, 0.1) is 0 Å². The second-order valence-corrected chi connectivity index (χ2v) is 7.27. The summed E-state index contributed by atoms with van der Waals surface area (Å²) < 4.78 is 10.0. The van der Waals surface area contributed by atoms with Gasteiger partial charge in [-0.2, -0.15) is 0 Å². The van der Waals surface area contributed by atoms with E-state index in [1.165, 1.54) is 20.0 Å². The summed E-state index contributed by atoms with van der Waals surface area (Å²) in [6.45, 7) is 6.89. The van der Waals surface area contributed by atoms with Gasteiger partial charge in [0.05, 0.1) is 0 Å². The number of ether oxygens (including phenoxy) is 2. The topological polar surface area (TPSA) is 93.7 Å². The molecule has 2 aliphatic rings. The van der Waals surface area contributed by atoms with Crippen molar-refractivity contribution in [2.45, 2.75) is 45.4 Å². The molecule has 0 bridgehead atoms. The van der Waals surface area contributed by atoms with E-state index < -0.39 is 17.7 Å². The van der Waals surface area contributed by atoms with Crippen LogP contribution in [0.3, 0.4) is 0 Å². The third-order valence-corrected chi connectivity index (χ3v) is 3.94. The van der Waals surface area contributed by atoms with Gasteiger partial charge in [0, 0.05) is 36.8 Å². The minimum atomic E-state index is -1.28. The van der Waals surface area contributed by atoms with Crippen molar-refractivity contribution in [3.63, 3.8) is 0 Å². The highest BCUT2D eigenvalue weighted by atomic mass is 16.7. The number of cyclic esters (lactones) is 2. The van der Waals surface area contributed by atoms with E-state index in [-0.39, 0.29) is 17.0 Å². The largest absolute Gasteiger partial charge is 0.419 e. The molecule has 0 aliphatic carbocycles. The van der Waals surface area contributed by atoms with E-state index in [0.29, 0.717) is 11.3 Å². The number of hydrogen-bond acceptors (Lipinski definition) is 6. The van der Waals surface area contributed by atoms with Gasteiger partial charge in [0.15, 0.2) is 5.57 Å². The fourth-order valence-corrected chi connectivity index (χ4v) is 2.86. The van der Waals surface area contributed by atoms with Crippen LogP contribution in [0.2, 0.25) is 0 Å². The quantitative estimate of drug-likeness (QED) is 0.483. The number of benzene rings is 1. The zero-order chi connectivity index (χ0) is 18.4. The number of fused-ring (bicyclic) bond motifs is 1. The maximum atomic E-state index is 12.2. The molecule has 3 rings (SSSR count). The van der Waals surface area contributed by atoms with Gasteiger partial charge in [-0.25, -0.2) is 9.59 Å². The smallest absolute Gasteiger partial charge is 0.350 e. The molecule has 25 heavy (non-hydrogen) atoms. The Hall–Kier alpha value is -2.83. The number of rotatable bonds is 2. The van der Waals surface area contributed by atoms with Gasteiger partial charge in [-0.3, -0.25) is 4.79 Å². The molecule has 1 fully saturated rings. The van der Waals surface area contributed by atoms with E-state index in [9.17, 15) is 14.4 Å². The number of hydrogen-bond donors (Lipinski definition) is 2. The maximum Gasteiger partial charge on any atom is 0.350 e. The van der Waals surface area contributed by atoms with Crippen molar-refractivity contribution in [3.8, 4) is 0 Å². The molecule has 2 aliphatic heterocycles. The van der Waals surface area contributed by atoms with Crippen LogP contribution in [0.4, 0.5) is 5.69 Å². The fraction of sp³-hybridized carbons (Fsp3) is 0.389. The van der Waals surface area contributed by atoms with Crippen molar-refractivity contribution in [1.29, 1.82) is 0 Å². The minimum Gasteiger partial charge on any atom is -0.419 e. The van der Waals surface area contributed by atoms with E-state index in [1.807, 2.05) is 19.9 Å². The zero-order valence-electron chi connectivity index (χ0n) is 14.6. The SMILES string of the molecule is CC1(C)Cc2ccc(NC=C3C(=O)OC(C)(C)OC3=O)cc2C(=O)N1. The second-order valence-electron chi connectivity index (χ2n) is 7.27. The summed E-state index contributed by atoms with van der Waals surface area (Å²) in [6.07, 6.45) is 1.95. The molecule has 1 amide bonds. The highest BCUT2D eigenvalue weighted by Gasteiger charge is 2.39. The van der Waals surface area contributed by atoms with Gasteiger partial charge in [-0.05, 0) is 38.0 Å². The van der Waals surface area contributed by atoms with Gasteiger partial charge in [-0.15, -0.1) is 0 Å². The molecule has 0 unspecified atom stereocenters. The average Bonchev–Trinajstić information content (AvgIpc) is 2.44. The predicted molar refractivity (Wildman–Crippen MR) is 89.7 cm³/mol. The Morgan fingerprint density at radius 2 is 1.72 bits per heavy atom. The van der Waals surface area contributed by atoms with E-state index in [0.717, 1.165) is 12.0 Å². The van der Waals surface area contributed by atoms with Crippen molar-refractivity contribution < 1.29 is 23.9 Å². The van der Waals surface area contributed by atoms with Crippen molar-refractivity contribution in [1.82, 2.24) is 5.32 Å². The third kappa shape index (κ3) is 3.50. The van der Waals surface area contributed by atoms with Crippen LogP contribution in [-0.4, -0.2) is 29.2 Å². The second kappa shape index (κ2) is 5.61. The summed E-state index contributed by atoms with van der Waals surface area (Å²) in [5.41, 5.74) is 1.57. The van der Waals surface area contributed by atoms with Crippen LogP contribution in [0.25, 0.3) is 0 Å². The first-order valence-electron chi connectivity index (χ1n) is 7.95. The van der Waals surface area contributed by atoms with Crippen LogP contribution in [0.15, 0.2) is 30.0 Å². The van der Waals surface area contributed by atoms with Gasteiger partial charge in [-0.1, -0.05) is 6.07 Å². The molecular formula is C18H20N2O5. The molecule has 2 N–H and O–H groups in total. The molecule has 1 aromatic carbocycles. The van der Waals surface area contributed by atoms with Crippen LogP contribution in [-0.2, 0) is 25.5 Å². The molecular weight excluding hydrogens is 324 g/mol. The zero-order valence-corrected chi connectivity index (χ0v) is 14.6. The summed E-state index contributed by atoms with van der Waals surface area (Å²) in [7, 11) is 0. The lowest BCUT2D eigenvalue weighted by Crippen LogP contribution is -2.49. The molecule has 0 saturated carbocycles. The normalized spacial score (nSPS) is 20.8. The Morgan fingerprint density at radius 3 is 2.36 bits per heavy atom. The van der Waals surface area contributed by atoms with Crippen molar-refractivity contribution >= 4 is 23.5 Å². The number of anilines is 1. The molecule has 0 atom stereocenters. The summed E-state index contributed by atoms with van der Waals surface area (Å²) in [6, 6.07) is 5.33. The van der Waals surface area contributed by atoms with Gasteiger partial charge < -0.3 is 20.1 Å². The fourth-order valence-electron chi connectivity index (χ4n) is 2.86. The summed E-state index contributed by atoms with van der Waals surface area (Å²) >= 11 is 0. The minimum absolute atomic E-state index is 0.152. The van der Waals surface area contributed by atoms with Crippen molar-refractivity contribution in [2.24, 2.45) is 0 Å². The number of carbonyl (C=O) groups is 3. The first-order valence-corrected chi connectivity index (χ1v) is 7.95. The predicted octanol–water partition coefficient (Wildman–Crippen LogP) is 1.88. The molecule has 0 aromatic heterocycles. The van der Waals surface area contributed by atoms with Gasteiger partial charge in [0.25, 0.3) is 11.7 Å². The van der Waals surface area contributed by atoms with E-state index in [4.69, 9.17) is 9.47 Å². The van der Waals surface area contributed by atoms with Gasteiger partial charge in [0.1, 0.15) is 0 Å². The molecule has 2 heterocycles. The summed E-state index contributed by atoms with van der Waals surface area (Å²) in [4.78, 5) is 36.0. The van der Waals surface area contributed by atoms with E-state index in [1.54, 1.807) is 12.1 Å². The molecule has 7 nitrogen and oxygen atoms in total. The van der Waals surface area contributed by atoms with Crippen LogP contribution in [0.1, 0.15) is 43.6 Å². The highest BCUT2D eigenvalue weighted by Crippen LogP contribution is 2.26. The number of nitrogens with one attached hydrogen (secondary N) is 2. The first-order chi connectivity index (χ1) is 11.6. The Labute approximate surface area is 145 Å². The van der Waals surface area contributed by atoms with E-state index >= 15 is 0 Å². The standard InChI is InChI=1S/C18H20N2O5/c1-17(2)8-10-5-6-11(7-12(10)14(21)20-17)19-9-13-15(22)24-18(3,4)25-16(13)23/h5-7,9,19H,8H2,1-4H3,(H,20,21). The van der Waals surface area contributed by atoms with Crippen LogP contribution < -0.4 is 10.6 Å². The van der Waals surface area contributed by atoms with Crippen molar-refractivity contribution in [2.75, 3.05) is 5.32 Å². The molecule has 0 radical (unpaired) electrons. The van der Waals surface area contributed by atoms with Crippen LogP contribution >= 0.6 is 0 Å². The lowest BCUT2D eigenvalue weighted by molar-refractivity contribution is -0.222. The lowest BCUT2D eigenvalue weighted by atomic mass is 9.87. The average molecular weight is 344 g/mol. The Balaban J connectivity index is 1.81. The number of esters is 2. The van der Waals surface area contributed by atoms with Gasteiger partial charge >= 0.3 is 11.9 Å².